The molecule has 0 fully saturated rings. The number of hydrogen-bond acceptors (Lipinski definition) is 5. The van der Waals surface area contributed by atoms with E-state index in [1.165, 1.54) is 0 Å². The zero-order chi connectivity index (χ0) is 18.1. The molecule has 0 saturated carbocycles. The van der Waals surface area contributed by atoms with Crippen LogP contribution in [-0.2, 0) is 0 Å². The van der Waals surface area contributed by atoms with Gasteiger partial charge in [-0.2, -0.15) is 0 Å². The summed E-state index contributed by atoms with van der Waals surface area (Å²) in [5.74, 6) is 2.28. The predicted molar refractivity (Wildman–Crippen MR) is 103 cm³/mol. The summed E-state index contributed by atoms with van der Waals surface area (Å²) in [4.78, 5) is 0. The van der Waals surface area contributed by atoms with Gasteiger partial charge in [0.25, 0.3) is 0 Å². The van der Waals surface area contributed by atoms with Crippen molar-refractivity contribution in [3.8, 4) is 17.2 Å². The van der Waals surface area contributed by atoms with Crippen LogP contribution in [0, 0.1) is 6.92 Å². The Balaban J connectivity index is 1.70. The first-order valence-corrected chi connectivity index (χ1v) is 8.71. The average Bonchev–Trinajstić information content (AvgIpc) is 2.65. The van der Waals surface area contributed by atoms with Crippen LogP contribution in [-0.4, -0.2) is 18.3 Å². The minimum Gasteiger partial charge on any atom is -0.486 e. The maximum Gasteiger partial charge on any atom is 0.182 e. The van der Waals surface area contributed by atoms with E-state index >= 15 is 0 Å². The summed E-state index contributed by atoms with van der Waals surface area (Å²) < 4.78 is 17.5. The highest BCUT2D eigenvalue weighted by atomic mass is 32.1. The summed E-state index contributed by atoms with van der Waals surface area (Å²) in [6.07, 6.45) is 1.70. The molecular weight excluding hydrogens is 350 g/mol. The molecule has 4 N–H and O–H groups in total. The van der Waals surface area contributed by atoms with Crippen molar-refractivity contribution in [2.75, 3.05) is 13.2 Å². The van der Waals surface area contributed by atoms with Gasteiger partial charge in [0, 0.05) is 11.1 Å². The van der Waals surface area contributed by atoms with Gasteiger partial charge in [-0.3, -0.25) is 10.9 Å². The quantitative estimate of drug-likeness (QED) is 0.567. The van der Waals surface area contributed by atoms with Crippen LogP contribution in [0.3, 0.4) is 0 Å². The molecule has 2 heterocycles. The lowest BCUT2D eigenvalue weighted by atomic mass is 10.00. The zero-order valence-electron chi connectivity index (χ0n) is 14.2. The van der Waals surface area contributed by atoms with E-state index in [-0.39, 0.29) is 11.2 Å². The minimum absolute atomic E-state index is 0.168. The molecule has 2 aromatic rings. The zero-order valence-corrected chi connectivity index (χ0v) is 15.1. The summed E-state index contributed by atoms with van der Waals surface area (Å²) >= 11 is 4.89. The van der Waals surface area contributed by atoms with Crippen molar-refractivity contribution < 1.29 is 14.2 Å². The Morgan fingerprint density at radius 3 is 2.69 bits per heavy atom. The monoisotopic (exact) mass is 369 g/mol. The number of nitrogens with one attached hydrogen (secondary N) is 2. The van der Waals surface area contributed by atoms with Crippen molar-refractivity contribution >= 4 is 23.0 Å². The summed E-state index contributed by atoms with van der Waals surface area (Å²) in [5, 5.41) is 0.168. The van der Waals surface area contributed by atoms with Crippen molar-refractivity contribution in [1.29, 1.82) is 0 Å². The number of benzene rings is 2. The van der Waals surface area contributed by atoms with Gasteiger partial charge in [-0.15, -0.1) is 0 Å². The SMILES string of the molecule is Cc1ccc2c(c1)O[C@H](c1ccc3c(c1)OCCO3)C=C2NNC(N)=S. The Labute approximate surface area is 156 Å². The predicted octanol–water partition coefficient (Wildman–Crippen LogP) is 2.58. The molecule has 7 heteroatoms. The summed E-state index contributed by atoms with van der Waals surface area (Å²) in [6, 6.07) is 11.9. The molecule has 0 bridgehead atoms. The Morgan fingerprint density at radius 1 is 1.08 bits per heavy atom. The van der Waals surface area contributed by atoms with E-state index in [1.54, 1.807) is 0 Å². The lowest BCUT2D eigenvalue weighted by Crippen LogP contribution is -2.40. The third kappa shape index (κ3) is 3.25. The van der Waals surface area contributed by atoms with Crippen LogP contribution in [0.5, 0.6) is 17.2 Å². The molecular formula is C19H19N3O3S. The molecule has 134 valence electrons. The fourth-order valence-electron chi connectivity index (χ4n) is 3.00. The highest BCUT2D eigenvalue weighted by Gasteiger charge is 2.24. The molecule has 0 spiro atoms. The van der Waals surface area contributed by atoms with Crippen molar-refractivity contribution in [2.45, 2.75) is 13.0 Å². The molecule has 26 heavy (non-hydrogen) atoms. The van der Waals surface area contributed by atoms with Crippen LogP contribution < -0.4 is 30.8 Å². The van der Waals surface area contributed by atoms with Gasteiger partial charge in [-0.1, -0.05) is 12.1 Å². The van der Waals surface area contributed by atoms with E-state index in [9.17, 15) is 0 Å². The average molecular weight is 369 g/mol. The van der Waals surface area contributed by atoms with Crippen LogP contribution in [0.1, 0.15) is 22.8 Å². The van der Waals surface area contributed by atoms with Gasteiger partial charge < -0.3 is 19.9 Å². The van der Waals surface area contributed by atoms with Crippen LogP contribution in [0.25, 0.3) is 5.70 Å². The largest absolute Gasteiger partial charge is 0.486 e. The number of ether oxygens (including phenoxy) is 3. The molecule has 1 atom stereocenters. The molecule has 4 rings (SSSR count). The van der Waals surface area contributed by atoms with E-state index in [0.29, 0.717) is 13.2 Å². The Kier molecular flexibility index (Phi) is 4.30. The van der Waals surface area contributed by atoms with E-state index in [1.807, 2.05) is 49.4 Å². The number of rotatable bonds is 3. The van der Waals surface area contributed by atoms with Crippen LogP contribution >= 0.6 is 12.2 Å². The van der Waals surface area contributed by atoms with Crippen LogP contribution in [0.2, 0.25) is 0 Å². The van der Waals surface area contributed by atoms with E-state index in [0.717, 1.165) is 39.6 Å². The molecule has 6 nitrogen and oxygen atoms in total. The molecule has 2 aromatic carbocycles. The standard InChI is InChI=1S/C19H19N3O3S/c1-11-2-4-13-14(21-22-19(20)26)10-16(25-17(13)8-11)12-3-5-15-18(9-12)24-7-6-23-15/h2-5,8-10,16,21H,6-7H2,1H3,(H3,20,22,26)/t16-/m0/s1. The molecule has 2 aliphatic heterocycles. The van der Waals surface area contributed by atoms with Gasteiger partial charge in [0.2, 0.25) is 0 Å². The van der Waals surface area contributed by atoms with Gasteiger partial charge in [-0.05, 0) is 55.0 Å². The summed E-state index contributed by atoms with van der Waals surface area (Å²) in [7, 11) is 0. The molecule has 0 radical (unpaired) electrons. The molecule has 0 aromatic heterocycles. The topological polar surface area (TPSA) is 77.8 Å². The Hall–Kier alpha value is -2.93. The second-order valence-electron chi connectivity index (χ2n) is 6.14. The molecule has 0 unspecified atom stereocenters. The van der Waals surface area contributed by atoms with Gasteiger partial charge in [0.05, 0.1) is 5.70 Å². The van der Waals surface area contributed by atoms with Gasteiger partial charge >= 0.3 is 0 Å². The van der Waals surface area contributed by atoms with E-state index in [4.69, 9.17) is 32.2 Å². The number of hydrogen-bond donors (Lipinski definition) is 3. The Morgan fingerprint density at radius 2 is 1.88 bits per heavy atom. The van der Waals surface area contributed by atoms with Gasteiger partial charge in [0.15, 0.2) is 16.6 Å². The Bertz CT molecular complexity index is 898. The van der Waals surface area contributed by atoms with Crippen molar-refractivity contribution in [1.82, 2.24) is 10.9 Å². The van der Waals surface area contributed by atoms with Crippen molar-refractivity contribution in [3.63, 3.8) is 0 Å². The fraction of sp³-hybridized carbons (Fsp3) is 0.211. The van der Waals surface area contributed by atoms with E-state index in [2.05, 4.69) is 10.9 Å². The number of hydrazine groups is 1. The number of fused-ring (bicyclic) bond motifs is 2. The first kappa shape index (κ1) is 16.5. The van der Waals surface area contributed by atoms with Crippen molar-refractivity contribution in [3.05, 3.63) is 59.2 Å². The second-order valence-corrected chi connectivity index (χ2v) is 6.58. The smallest absolute Gasteiger partial charge is 0.182 e. The molecule has 0 aliphatic carbocycles. The normalized spacial score (nSPS) is 17.4. The maximum atomic E-state index is 6.22. The van der Waals surface area contributed by atoms with Gasteiger partial charge in [0.1, 0.15) is 25.1 Å². The van der Waals surface area contributed by atoms with Crippen LogP contribution in [0.15, 0.2) is 42.5 Å². The lowest BCUT2D eigenvalue weighted by molar-refractivity contribution is 0.170. The second kappa shape index (κ2) is 6.76. The number of thiocarbonyl (C=S) groups is 1. The minimum atomic E-state index is -0.282. The molecule has 2 aliphatic rings. The highest BCUT2D eigenvalue weighted by Crippen LogP contribution is 2.39. The number of nitrogens with two attached hydrogens (primary N) is 1. The first-order chi connectivity index (χ1) is 12.6. The highest BCUT2D eigenvalue weighted by molar-refractivity contribution is 7.80. The summed E-state index contributed by atoms with van der Waals surface area (Å²) in [5.41, 5.74) is 15.3. The van der Waals surface area contributed by atoms with Gasteiger partial charge in [-0.25, -0.2) is 0 Å². The molecule has 0 amide bonds. The van der Waals surface area contributed by atoms with E-state index < -0.39 is 0 Å². The lowest BCUT2D eigenvalue weighted by Gasteiger charge is -2.28. The fourth-order valence-corrected chi connectivity index (χ4v) is 3.05. The number of aryl methyl sites for hydroxylation is 1. The third-order valence-corrected chi connectivity index (χ3v) is 4.32. The third-order valence-electron chi connectivity index (χ3n) is 4.21. The maximum absolute atomic E-state index is 6.22. The van der Waals surface area contributed by atoms with Crippen LogP contribution in [0.4, 0.5) is 0 Å². The molecule has 0 saturated heterocycles. The first-order valence-electron chi connectivity index (χ1n) is 8.30. The summed E-state index contributed by atoms with van der Waals surface area (Å²) in [6.45, 7) is 3.14. The van der Waals surface area contributed by atoms with Crippen molar-refractivity contribution in [2.24, 2.45) is 5.73 Å².